The Morgan fingerprint density at radius 1 is 1.24 bits per heavy atom. The van der Waals surface area contributed by atoms with Crippen LogP contribution in [0.15, 0.2) is 30.5 Å². The van der Waals surface area contributed by atoms with Crippen molar-refractivity contribution in [3.05, 3.63) is 53.1 Å². The van der Waals surface area contributed by atoms with E-state index >= 15 is 0 Å². The summed E-state index contributed by atoms with van der Waals surface area (Å²) in [5.41, 5.74) is 3.96. The van der Waals surface area contributed by atoms with Crippen molar-refractivity contribution in [2.24, 2.45) is 0 Å². The molecule has 0 atom stereocenters. The smallest absolute Gasteiger partial charge is 0.262 e. The highest BCUT2D eigenvalue weighted by Crippen LogP contribution is 2.21. The fourth-order valence-corrected chi connectivity index (χ4v) is 2.15. The monoisotopic (exact) mass is 288 g/mol. The lowest BCUT2D eigenvalue weighted by Crippen LogP contribution is -2.21. The van der Waals surface area contributed by atoms with Crippen molar-refractivity contribution in [1.29, 1.82) is 0 Å². The molecule has 1 heterocycles. The normalized spacial score (nSPS) is 10.3. The molecule has 0 saturated heterocycles. The van der Waals surface area contributed by atoms with Crippen LogP contribution in [0.4, 0.5) is 10.1 Å². The van der Waals surface area contributed by atoms with Gasteiger partial charge in [-0.05, 0) is 44.0 Å². The van der Waals surface area contributed by atoms with Crippen molar-refractivity contribution in [2.75, 3.05) is 11.9 Å². The van der Waals surface area contributed by atoms with Gasteiger partial charge in [-0.25, -0.2) is 4.98 Å². The predicted octanol–water partition coefficient (Wildman–Crippen LogP) is 3.16. The van der Waals surface area contributed by atoms with Gasteiger partial charge < -0.3 is 10.1 Å². The largest absolute Gasteiger partial charge is 0.482 e. The molecule has 1 amide bonds. The van der Waals surface area contributed by atoms with Gasteiger partial charge in [-0.1, -0.05) is 17.7 Å². The predicted molar refractivity (Wildman–Crippen MR) is 79.0 cm³/mol. The van der Waals surface area contributed by atoms with Gasteiger partial charge >= 0.3 is 0 Å². The molecule has 0 fully saturated rings. The number of ether oxygens (including phenoxy) is 1. The van der Waals surface area contributed by atoms with E-state index in [0.717, 1.165) is 22.4 Å². The van der Waals surface area contributed by atoms with Crippen LogP contribution in [0.25, 0.3) is 0 Å². The van der Waals surface area contributed by atoms with E-state index in [0.29, 0.717) is 5.75 Å². The summed E-state index contributed by atoms with van der Waals surface area (Å²) in [7, 11) is 0. The second-order valence-corrected chi connectivity index (χ2v) is 4.93. The standard InChI is InChI=1S/C16H17FN2O2/c1-10-6-11(2)16(12(3)7-10)19-15(20)9-21-13-4-5-14(17)18-8-13/h4-8H,9H2,1-3H3,(H,19,20). The highest BCUT2D eigenvalue weighted by molar-refractivity contribution is 5.93. The first-order valence-electron chi connectivity index (χ1n) is 6.58. The van der Waals surface area contributed by atoms with Crippen LogP contribution in [0, 0.1) is 26.7 Å². The minimum absolute atomic E-state index is 0.153. The number of benzene rings is 1. The number of aryl methyl sites for hydroxylation is 3. The van der Waals surface area contributed by atoms with Crippen LogP contribution in [0.5, 0.6) is 5.75 Å². The van der Waals surface area contributed by atoms with E-state index in [1.165, 1.54) is 18.3 Å². The van der Waals surface area contributed by atoms with Crippen LogP contribution < -0.4 is 10.1 Å². The third-order valence-electron chi connectivity index (χ3n) is 3.01. The molecule has 5 heteroatoms. The third kappa shape index (κ3) is 4.02. The number of carbonyl (C=O) groups is 1. The Hall–Kier alpha value is -2.43. The number of nitrogens with one attached hydrogen (secondary N) is 1. The highest BCUT2D eigenvalue weighted by Gasteiger charge is 2.09. The molecular formula is C16H17FN2O2. The molecule has 0 radical (unpaired) electrons. The zero-order chi connectivity index (χ0) is 15.4. The first-order chi connectivity index (χ1) is 9.95. The molecule has 110 valence electrons. The average molecular weight is 288 g/mol. The summed E-state index contributed by atoms with van der Waals surface area (Å²) < 4.78 is 17.9. The summed E-state index contributed by atoms with van der Waals surface area (Å²) in [5.74, 6) is -0.504. The van der Waals surface area contributed by atoms with E-state index < -0.39 is 5.95 Å². The van der Waals surface area contributed by atoms with Gasteiger partial charge in [0, 0.05) is 5.69 Å². The molecule has 0 spiro atoms. The Morgan fingerprint density at radius 3 is 2.48 bits per heavy atom. The van der Waals surface area contributed by atoms with Crippen LogP contribution >= 0.6 is 0 Å². The van der Waals surface area contributed by atoms with Crippen LogP contribution in [-0.4, -0.2) is 17.5 Å². The Morgan fingerprint density at radius 2 is 1.90 bits per heavy atom. The number of halogens is 1. The minimum Gasteiger partial charge on any atom is -0.482 e. The third-order valence-corrected chi connectivity index (χ3v) is 3.01. The first-order valence-corrected chi connectivity index (χ1v) is 6.58. The minimum atomic E-state index is -0.585. The van der Waals surface area contributed by atoms with Gasteiger partial charge in [0.25, 0.3) is 5.91 Å². The van der Waals surface area contributed by atoms with Gasteiger partial charge in [-0.3, -0.25) is 4.79 Å². The van der Waals surface area contributed by atoms with Crippen molar-refractivity contribution in [3.8, 4) is 5.75 Å². The van der Waals surface area contributed by atoms with Crippen LogP contribution in [0.3, 0.4) is 0 Å². The van der Waals surface area contributed by atoms with Gasteiger partial charge in [0.2, 0.25) is 5.95 Å². The van der Waals surface area contributed by atoms with E-state index in [1.807, 2.05) is 32.9 Å². The Kier molecular flexibility index (Phi) is 4.52. The first kappa shape index (κ1) is 15.0. The Balaban J connectivity index is 1.97. The fraction of sp³-hybridized carbons (Fsp3) is 0.250. The molecule has 0 bridgehead atoms. The number of anilines is 1. The Bertz CT molecular complexity index is 631. The van der Waals surface area contributed by atoms with E-state index in [1.54, 1.807) is 0 Å². The topological polar surface area (TPSA) is 51.2 Å². The molecule has 1 aromatic carbocycles. The lowest BCUT2D eigenvalue weighted by molar-refractivity contribution is -0.118. The van der Waals surface area contributed by atoms with Crippen molar-refractivity contribution in [3.63, 3.8) is 0 Å². The number of rotatable bonds is 4. The summed E-state index contributed by atoms with van der Waals surface area (Å²) in [4.78, 5) is 15.4. The SMILES string of the molecule is Cc1cc(C)c(NC(=O)COc2ccc(F)nc2)c(C)c1. The van der Waals surface area contributed by atoms with Crippen LogP contribution in [0.1, 0.15) is 16.7 Å². The molecule has 2 aromatic rings. The molecule has 0 aliphatic rings. The number of hydrogen-bond acceptors (Lipinski definition) is 3. The second-order valence-electron chi connectivity index (χ2n) is 4.93. The number of pyridine rings is 1. The van der Waals surface area contributed by atoms with Crippen molar-refractivity contribution < 1.29 is 13.9 Å². The van der Waals surface area contributed by atoms with Gasteiger partial charge in [0.1, 0.15) is 5.75 Å². The number of aromatic nitrogens is 1. The number of carbonyl (C=O) groups excluding carboxylic acids is 1. The number of amides is 1. The molecule has 21 heavy (non-hydrogen) atoms. The van der Waals surface area contributed by atoms with Crippen molar-refractivity contribution in [1.82, 2.24) is 4.98 Å². The maximum Gasteiger partial charge on any atom is 0.262 e. The maximum absolute atomic E-state index is 12.6. The second kappa shape index (κ2) is 6.35. The highest BCUT2D eigenvalue weighted by atomic mass is 19.1. The molecule has 0 saturated carbocycles. The van der Waals surface area contributed by atoms with E-state index in [9.17, 15) is 9.18 Å². The zero-order valence-electron chi connectivity index (χ0n) is 12.2. The van der Waals surface area contributed by atoms with Gasteiger partial charge in [-0.15, -0.1) is 0 Å². The molecule has 0 aliphatic carbocycles. The van der Waals surface area contributed by atoms with Gasteiger partial charge in [0.15, 0.2) is 6.61 Å². The molecule has 0 aliphatic heterocycles. The quantitative estimate of drug-likeness (QED) is 0.879. The number of hydrogen-bond donors (Lipinski definition) is 1. The zero-order valence-corrected chi connectivity index (χ0v) is 12.2. The lowest BCUT2D eigenvalue weighted by Gasteiger charge is -2.13. The summed E-state index contributed by atoms with van der Waals surface area (Å²) in [6.45, 7) is 5.75. The van der Waals surface area contributed by atoms with E-state index in [-0.39, 0.29) is 12.5 Å². The molecular weight excluding hydrogens is 271 g/mol. The Labute approximate surface area is 123 Å². The van der Waals surface area contributed by atoms with Gasteiger partial charge in [-0.2, -0.15) is 4.39 Å². The fourth-order valence-electron chi connectivity index (χ4n) is 2.15. The summed E-state index contributed by atoms with van der Waals surface area (Å²) in [6.07, 6.45) is 1.24. The molecule has 0 unspecified atom stereocenters. The summed E-state index contributed by atoms with van der Waals surface area (Å²) in [5, 5.41) is 2.83. The lowest BCUT2D eigenvalue weighted by atomic mass is 10.1. The average Bonchev–Trinajstić information content (AvgIpc) is 2.42. The molecule has 4 nitrogen and oxygen atoms in total. The maximum atomic E-state index is 12.6. The molecule has 2 rings (SSSR count). The molecule has 1 aromatic heterocycles. The van der Waals surface area contributed by atoms with Crippen molar-refractivity contribution >= 4 is 11.6 Å². The van der Waals surface area contributed by atoms with Crippen LogP contribution in [0.2, 0.25) is 0 Å². The summed E-state index contributed by atoms with van der Waals surface area (Å²) >= 11 is 0. The summed E-state index contributed by atoms with van der Waals surface area (Å²) in [6, 6.07) is 6.63. The van der Waals surface area contributed by atoms with Gasteiger partial charge in [0.05, 0.1) is 6.20 Å². The number of nitrogens with zero attached hydrogens (tertiary/aromatic N) is 1. The van der Waals surface area contributed by atoms with Crippen LogP contribution in [-0.2, 0) is 4.79 Å². The van der Waals surface area contributed by atoms with E-state index in [4.69, 9.17) is 4.74 Å². The van der Waals surface area contributed by atoms with Crippen molar-refractivity contribution in [2.45, 2.75) is 20.8 Å². The van der Waals surface area contributed by atoms with E-state index in [2.05, 4.69) is 10.3 Å². The molecule has 1 N–H and O–H groups in total.